The molecule has 0 aliphatic rings. The number of nitrogens with two attached hydrogens (primary N) is 1. The standard InChI is InChI=1S/C13H16N2O3/c1-18-13(17)7-8-15-12(16)6-5-10-3-2-4-11(14)9-10/h2-6,9H,7-8,14H2,1H3,(H,15,16)/b6-5+. The number of amides is 1. The van der Waals surface area contributed by atoms with Crippen LogP contribution in [0.15, 0.2) is 30.3 Å². The van der Waals surface area contributed by atoms with Crippen LogP contribution in [0.1, 0.15) is 12.0 Å². The molecule has 0 aliphatic carbocycles. The van der Waals surface area contributed by atoms with Gasteiger partial charge in [-0.25, -0.2) is 0 Å². The molecule has 96 valence electrons. The van der Waals surface area contributed by atoms with E-state index in [9.17, 15) is 9.59 Å². The fraction of sp³-hybridized carbons (Fsp3) is 0.231. The van der Waals surface area contributed by atoms with Crippen LogP contribution in [0, 0.1) is 0 Å². The van der Waals surface area contributed by atoms with Gasteiger partial charge in [-0.1, -0.05) is 12.1 Å². The fourth-order valence-electron chi connectivity index (χ4n) is 1.28. The first-order chi connectivity index (χ1) is 8.61. The minimum atomic E-state index is -0.352. The Balaban J connectivity index is 2.38. The predicted octanol–water partition coefficient (Wildman–Crippen LogP) is 0.961. The summed E-state index contributed by atoms with van der Waals surface area (Å²) < 4.78 is 4.45. The van der Waals surface area contributed by atoms with Gasteiger partial charge in [0.2, 0.25) is 5.91 Å². The summed E-state index contributed by atoms with van der Waals surface area (Å²) in [4.78, 5) is 22.2. The molecule has 0 atom stereocenters. The molecule has 0 saturated heterocycles. The first kappa shape index (κ1) is 13.8. The lowest BCUT2D eigenvalue weighted by atomic mass is 10.2. The van der Waals surface area contributed by atoms with Gasteiger partial charge in [0, 0.05) is 18.3 Å². The maximum atomic E-state index is 11.4. The zero-order valence-electron chi connectivity index (χ0n) is 10.2. The number of esters is 1. The van der Waals surface area contributed by atoms with Gasteiger partial charge in [-0.3, -0.25) is 9.59 Å². The van der Waals surface area contributed by atoms with E-state index in [-0.39, 0.29) is 24.8 Å². The molecule has 1 amide bonds. The van der Waals surface area contributed by atoms with E-state index in [0.29, 0.717) is 5.69 Å². The summed E-state index contributed by atoms with van der Waals surface area (Å²) in [6, 6.07) is 7.19. The second-order valence-electron chi connectivity index (χ2n) is 3.62. The van der Waals surface area contributed by atoms with Crippen molar-refractivity contribution >= 4 is 23.6 Å². The Labute approximate surface area is 106 Å². The van der Waals surface area contributed by atoms with Crippen molar-refractivity contribution in [1.82, 2.24) is 5.32 Å². The van der Waals surface area contributed by atoms with Crippen molar-refractivity contribution in [2.24, 2.45) is 0 Å². The molecule has 0 bridgehead atoms. The molecule has 0 unspecified atom stereocenters. The first-order valence-electron chi connectivity index (χ1n) is 5.50. The molecule has 1 aromatic rings. The van der Waals surface area contributed by atoms with Gasteiger partial charge in [0.05, 0.1) is 13.5 Å². The zero-order valence-corrected chi connectivity index (χ0v) is 10.2. The van der Waals surface area contributed by atoms with E-state index in [1.165, 1.54) is 13.2 Å². The average Bonchev–Trinajstić information content (AvgIpc) is 2.36. The number of ether oxygens (including phenoxy) is 1. The van der Waals surface area contributed by atoms with Gasteiger partial charge in [0.15, 0.2) is 0 Å². The number of rotatable bonds is 5. The maximum absolute atomic E-state index is 11.4. The topological polar surface area (TPSA) is 81.4 Å². The lowest BCUT2D eigenvalue weighted by Crippen LogP contribution is -2.24. The lowest BCUT2D eigenvalue weighted by Gasteiger charge is -2.00. The third kappa shape index (κ3) is 5.16. The van der Waals surface area contributed by atoms with Crippen molar-refractivity contribution in [3.05, 3.63) is 35.9 Å². The number of nitrogen functional groups attached to an aromatic ring is 1. The minimum absolute atomic E-state index is 0.161. The van der Waals surface area contributed by atoms with E-state index in [2.05, 4.69) is 10.1 Å². The summed E-state index contributed by atoms with van der Waals surface area (Å²) in [5.41, 5.74) is 7.10. The number of nitrogens with one attached hydrogen (secondary N) is 1. The number of hydrogen-bond donors (Lipinski definition) is 2. The van der Waals surface area contributed by atoms with Crippen LogP contribution in [-0.4, -0.2) is 25.5 Å². The molecule has 1 aromatic carbocycles. The predicted molar refractivity (Wildman–Crippen MR) is 69.5 cm³/mol. The molecular formula is C13H16N2O3. The number of anilines is 1. The third-order valence-electron chi connectivity index (χ3n) is 2.19. The smallest absolute Gasteiger partial charge is 0.307 e. The second kappa shape index (κ2) is 7.11. The number of benzene rings is 1. The highest BCUT2D eigenvalue weighted by Crippen LogP contribution is 2.07. The summed E-state index contributed by atoms with van der Waals surface area (Å²) in [6.45, 7) is 0.257. The van der Waals surface area contributed by atoms with E-state index < -0.39 is 0 Å². The number of carbonyl (C=O) groups is 2. The third-order valence-corrected chi connectivity index (χ3v) is 2.19. The van der Waals surface area contributed by atoms with Crippen LogP contribution in [-0.2, 0) is 14.3 Å². The van der Waals surface area contributed by atoms with Crippen LogP contribution in [0.2, 0.25) is 0 Å². The van der Waals surface area contributed by atoms with Gasteiger partial charge < -0.3 is 15.8 Å². The molecule has 0 aromatic heterocycles. The monoisotopic (exact) mass is 248 g/mol. The Morgan fingerprint density at radius 2 is 2.22 bits per heavy atom. The fourth-order valence-corrected chi connectivity index (χ4v) is 1.28. The maximum Gasteiger partial charge on any atom is 0.307 e. The van der Waals surface area contributed by atoms with Gasteiger partial charge in [0.1, 0.15) is 0 Å². The van der Waals surface area contributed by atoms with Gasteiger partial charge in [-0.05, 0) is 23.8 Å². The molecule has 0 saturated carbocycles. The Morgan fingerprint density at radius 1 is 1.44 bits per heavy atom. The van der Waals surface area contributed by atoms with Gasteiger partial charge in [0.25, 0.3) is 0 Å². The van der Waals surface area contributed by atoms with Crippen molar-refractivity contribution in [3.8, 4) is 0 Å². The summed E-state index contributed by atoms with van der Waals surface area (Å²) in [7, 11) is 1.31. The molecule has 0 heterocycles. The van der Waals surface area contributed by atoms with Crippen molar-refractivity contribution in [2.75, 3.05) is 19.4 Å². The Bertz CT molecular complexity index is 455. The van der Waals surface area contributed by atoms with Crippen LogP contribution in [0.4, 0.5) is 5.69 Å². The highest BCUT2D eigenvalue weighted by molar-refractivity contribution is 5.92. The van der Waals surface area contributed by atoms with Gasteiger partial charge in [-0.2, -0.15) is 0 Å². The molecule has 0 radical (unpaired) electrons. The van der Waals surface area contributed by atoms with Crippen LogP contribution >= 0.6 is 0 Å². The Hall–Kier alpha value is -2.30. The largest absolute Gasteiger partial charge is 0.469 e. The van der Waals surface area contributed by atoms with Crippen molar-refractivity contribution in [2.45, 2.75) is 6.42 Å². The zero-order chi connectivity index (χ0) is 13.4. The highest BCUT2D eigenvalue weighted by Gasteiger charge is 2.00. The normalized spacial score (nSPS) is 10.3. The first-order valence-corrected chi connectivity index (χ1v) is 5.50. The van der Waals surface area contributed by atoms with Crippen molar-refractivity contribution in [1.29, 1.82) is 0 Å². The second-order valence-corrected chi connectivity index (χ2v) is 3.62. The van der Waals surface area contributed by atoms with Crippen molar-refractivity contribution in [3.63, 3.8) is 0 Å². The lowest BCUT2D eigenvalue weighted by molar-refractivity contribution is -0.140. The summed E-state index contributed by atoms with van der Waals surface area (Å²) >= 11 is 0. The number of hydrogen-bond acceptors (Lipinski definition) is 4. The summed E-state index contributed by atoms with van der Waals surface area (Å²) in [5, 5.41) is 2.57. The molecule has 0 spiro atoms. The number of methoxy groups -OCH3 is 1. The van der Waals surface area contributed by atoms with E-state index in [1.807, 2.05) is 12.1 Å². The number of carbonyl (C=O) groups excluding carboxylic acids is 2. The average molecular weight is 248 g/mol. The molecule has 1 rings (SSSR count). The molecule has 18 heavy (non-hydrogen) atoms. The van der Waals surface area contributed by atoms with E-state index in [1.54, 1.807) is 18.2 Å². The molecule has 5 nitrogen and oxygen atoms in total. The molecular weight excluding hydrogens is 232 g/mol. The van der Waals surface area contributed by atoms with Crippen LogP contribution in [0.5, 0.6) is 0 Å². The van der Waals surface area contributed by atoms with E-state index >= 15 is 0 Å². The Morgan fingerprint density at radius 3 is 2.89 bits per heavy atom. The Kier molecular flexibility index (Phi) is 5.44. The molecule has 0 aliphatic heterocycles. The molecule has 0 fully saturated rings. The minimum Gasteiger partial charge on any atom is -0.469 e. The van der Waals surface area contributed by atoms with Crippen LogP contribution < -0.4 is 11.1 Å². The van der Waals surface area contributed by atoms with E-state index in [0.717, 1.165) is 5.56 Å². The molecule has 3 N–H and O–H groups in total. The molecule has 5 heteroatoms. The van der Waals surface area contributed by atoms with Crippen LogP contribution in [0.3, 0.4) is 0 Å². The van der Waals surface area contributed by atoms with E-state index in [4.69, 9.17) is 5.73 Å². The quantitative estimate of drug-likeness (QED) is 0.462. The highest BCUT2D eigenvalue weighted by atomic mass is 16.5. The van der Waals surface area contributed by atoms with Gasteiger partial charge in [-0.15, -0.1) is 0 Å². The van der Waals surface area contributed by atoms with Crippen LogP contribution in [0.25, 0.3) is 6.08 Å². The summed E-state index contributed by atoms with van der Waals surface area (Å²) in [5.74, 6) is -0.614. The SMILES string of the molecule is COC(=O)CCNC(=O)/C=C/c1cccc(N)c1. The van der Waals surface area contributed by atoms with Crippen molar-refractivity contribution < 1.29 is 14.3 Å². The van der Waals surface area contributed by atoms with Gasteiger partial charge >= 0.3 is 5.97 Å². The summed E-state index contributed by atoms with van der Waals surface area (Å²) in [6.07, 6.45) is 3.21.